The molecule has 0 radical (unpaired) electrons. The van der Waals surface area contributed by atoms with Crippen LogP contribution in [0.1, 0.15) is 61.1 Å². The maximum absolute atomic E-state index is 12.2. The van der Waals surface area contributed by atoms with Crippen molar-refractivity contribution in [1.29, 1.82) is 5.26 Å². The number of carbonyl (C=O) groups excluding carboxylic acids is 1. The first-order valence-corrected chi connectivity index (χ1v) is 8.77. The van der Waals surface area contributed by atoms with Crippen molar-refractivity contribution < 1.29 is 14.3 Å². The second-order valence-corrected chi connectivity index (χ2v) is 7.11. The largest absolute Gasteiger partial charge is 0.462 e. The van der Waals surface area contributed by atoms with Crippen LogP contribution in [0.2, 0.25) is 0 Å². The Bertz CT molecular complexity index is 829. The molecule has 25 heavy (non-hydrogen) atoms. The van der Waals surface area contributed by atoms with Crippen LogP contribution in [0, 0.1) is 11.3 Å². The third-order valence-electron chi connectivity index (χ3n) is 4.81. The minimum absolute atomic E-state index is 0.112. The Hall–Kier alpha value is -2.32. The number of esters is 1. The summed E-state index contributed by atoms with van der Waals surface area (Å²) < 4.78 is 12.9. The smallest absolute Gasteiger partial charge is 0.340 e. The Morgan fingerprint density at radius 2 is 2.28 bits per heavy atom. The second-order valence-electron chi connectivity index (χ2n) is 7.11. The summed E-state index contributed by atoms with van der Waals surface area (Å²) >= 11 is 0. The summed E-state index contributed by atoms with van der Waals surface area (Å²) in [4.78, 5) is 12.2. The lowest BCUT2D eigenvalue weighted by atomic mass is 9.84. The molecule has 0 N–H and O–H groups in total. The van der Waals surface area contributed by atoms with E-state index in [2.05, 4.69) is 32.0 Å². The van der Waals surface area contributed by atoms with E-state index in [-0.39, 0.29) is 18.0 Å². The van der Waals surface area contributed by atoms with Gasteiger partial charge in [-0.3, -0.25) is 0 Å². The van der Waals surface area contributed by atoms with Gasteiger partial charge in [0.1, 0.15) is 0 Å². The maximum Gasteiger partial charge on any atom is 0.340 e. The van der Waals surface area contributed by atoms with Crippen LogP contribution in [0.25, 0.3) is 5.52 Å². The third-order valence-corrected chi connectivity index (χ3v) is 4.81. The van der Waals surface area contributed by atoms with Crippen molar-refractivity contribution in [2.24, 2.45) is 0 Å². The zero-order chi connectivity index (χ0) is 18.0. The topological polar surface area (TPSA) is 63.7 Å². The molecule has 2 aromatic heterocycles. The SMILES string of the molecule is CCOC(=O)c1cc2cc([C@H]3CCOC(C)(C)C3)ccn2c1CC#N. The highest BCUT2D eigenvalue weighted by atomic mass is 16.5. The number of aromatic nitrogens is 1. The fourth-order valence-corrected chi connectivity index (χ4v) is 3.66. The first kappa shape index (κ1) is 17.5. The van der Waals surface area contributed by atoms with Crippen molar-refractivity contribution in [3.63, 3.8) is 0 Å². The van der Waals surface area contributed by atoms with E-state index in [1.807, 2.05) is 16.7 Å². The van der Waals surface area contributed by atoms with E-state index in [9.17, 15) is 4.79 Å². The van der Waals surface area contributed by atoms with Crippen molar-refractivity contribution in [3.05, 3.63) is 41.2 Å². The van der Waals surface area contributed by atoms with Gasteiger partial charge in [-0.1, -0.05) is 0 Å². The van der Waals surface area contributed by atoms with E-state index in [0.29, 0.717) is 23.8 Å². The van der Waals surface area contributed by atoms with Crippen LogP contribution in [-0.4, -0.2) is 29.2 Å². The fraction of sp³-hybridized carbons (Fsp3) is 0.500. The molecule has 3 rings (SSSR count). The molecule has 1 saturated heterocycles. The molecule has 0 amide bonds. The molecule has 1 aliphatic rings. The second kappa shape index (κ2) is 6.89. The average molecular weight is 340 g/mol. The van der Waals surface area contributed by atoms with E-state index in [0.717, 1.165) is 25.0 Å². The normalized spacial score (nSPS) is 19.5. The van der Waals surface area contributed by atoms with Crippen molar-refractivity contribution in [2.75, 3.05) is 13.2 Å². The number of pyridine rings is 1. The minimum Gasteiger partial charge on any atom is -0.462 e. The Morgan fingerprint density at radius 1 is 1.48 bits per heavy atom. The predicted molar refractivity (Wildman–Crippen MR) is 94.7 cm³/mol. The van der Waals surface area contributed by atoms with Gasteiger partial charge in [0.05, 0.1) is 36.0 Å². The van der Waals surface area contributed by atoms with Crippen LogP contribution in [-0.2, 0) is 15.9 Å². The molecule has 0 aliphatic carbocycles. The van der Waals surface area contributed by atoms with Gasteiger partial charge in [0, 0.05) is 18.3 Å². The van der Waals surface area contributed by atoms with Crippen LogP contribution in [0.4, 0.5) is 0 Å². The maximum atomic E-state index is 12.2. The van der Waals surface area contributed by atoms with Gasteiger partial charge in [-0.25, -0.2) is 4.79 Å². The molecule has 0 aromatic carbocycles. The molecule has 5 nitrogen and oxygen atoms in total. The molecule has 0 bridgehead atoms. The Morgan fingerprint density at radius 3 is 2.96 bits per heavy atom. The molecule has 1 fully saturated rings. The number of nitriles is 1. The molecule has 0 unspecified atom stereocenters. The molecule has 3 heterocycles. The monoisotopic (exact) mass is 340 g/mol. The van der Waals surface area contributed by atoms with Gasteiger partial charge < -0.3 is 13.9 Å². The highest BCUT2D eigenvalue weighted by Crippen LogP contribution is 2.36. The number of nitrogens with zero attached hydrogens (tertiary/aromatic N) is 2. The van der Waals surface area contributed by atoms with Crippen LogP contribution in [0.15, 0.2) is 24.4 Å². The summed E-state index contributed by atoms with van der Waals surface area (Å²) in [6, 6.07) is 8.19. The number of rotatable bonds is 4. The zero-order valence-corrected chi connectivity index (χ0v) is 15.0. The van der Waals surface area contributed by atoms with Crippen LogP contribution < -0.4 is 0 Å². The standard InChI is InChI=1S/C20H24N2O3/c1-4-24-19(23)17-12-16-11-14(6-9-22(16)18(17)5-8-21)15-7-10-25-20(2,3)13-15/h6,9,11-12,15H,4-5,7,10,13H2,1-3H3/t15-/m0/s1. The highest BCUT2D eigenvalue weighted by molar-refractivity contribution is 5.93. The van der Waals surface area contributed by atoms with Gasteiger partial charge in [-0.05, 0) is 63.3 Å². The number of carbonyl (C=O) groups is 1. The number of ether oxygens (including phenoxy) is 2. The quantitative estimate of drug-likeness (QED) is 0.793. The average Bonchev–Trinajstić information content (AvgIpc) is 2.92. The Balaban J connectivity index is 2.00. The van der Waals surface area contributed by atoms with E-state index >= 15 is 0 Å². The van der Waals surface area contributed by atoms with Gasteiger partial charge >= 0.3 is 5.97 Å². The van der Waals surface area contributed by atoms with Crippen molar-refractivity contribution in [1.82, 2.24) is 4.40 Å². The van der Waals surface area contributed by atoms with Gasteiger partial charge in [0.15, 0.2) is 0 Å². The lowest BCUT2D eigenvalue weighted by Crippen LogP contribution is -2.33. The molecule has 2 aromatic rings. The van der Waals surface area contributed by atoms with Crippen molar-refractivity contribution in [3.8, 4) is 6.07 Å². The van der Waals surface area contributed by atoms with Gasteiger partial charge in [0.2, 0.25) is 0 Å². The molecule has 1 atom stereocenters. The summed E-state index contributed by atoms with van der Waals surface area (Å²) in [6.45, 7) is 7.11. The zero-order valence-electron chi connectivity index (χ0n) is 15.0. The van der Waals surface area contributed by atoms with Crippen LogP contribution >= 0.6 is 0 Å². The lowest BCUT2D eigenvalue weighted by Gasteiger charge is -2.35. The number of hydrogen-bond acceptors (Lipinski definition) is 4. The van der Waals surface area contributed by atoms with Crippen molar-refractivity contribution in [2.45, 2.75) is 51.6 Å². The van der Waals surface area contributed by atoms with Crippen LogP contribution in [0.5, 0.6) is 0 Å². The first-order chi connectivity index (χ1) is 11.9. The summed E-state index contributed by atoms with van der Waals surface area (Å²) in [5, 5.41) is 9.12. The van der Waals surface area contributed by atoms with E-state index in [4.69, 9.17) is 14.7 Å². The molecular weight excluding hydrogens is 316 g/mol. The lowest BCUT2D eigenvalue weighted by molar-refractivity contribution is -0.0593. The fourth-order valence-electron chi connectivity index (χ4n) is 3.66. The van der Waals surface area contributed by atoms with E-state index in [1.165, 1.54) is 5.56 Å². The van der Waals surface area contributed by atoms with Gasteiger partial charge in [-0.2, -0.15) is 5.26 Å². The van der Waals surface area contributed by atoms with Crippen LogP contribution in [0.3, 0.4) is 0 Å². The molecule has 0 spiro atoms. The Kier molecular flexibility index (Phi) is 4.82. The molecule has 132 valence electrons. The Labute approximate surface area is 148 Å². The molecule has 5 heteroatoms. The van der Waals surface area contributed by atoms with Crippen molar-refractivity contribution >= 4 is 11.5 Å². The van der Waals surface area contributed by atoms with Gasteiger partial charge in [0.25, 0.3) is 0 Å². The first-order valence-electron chi connectivity index (χ1n) is 8.77. The van der Waals surface area contributed by atoms with Gasteiger partial charge in [-0.15, -0.1) is 0 Å². The highest BCUT2D eigenvalue weighted by Gasteiger charge is 2.30. The summed E-state index contributed by atoms with van der Waals surface area (Å²) in [5.41, 5.74) is 3.23. The number of hydrogen-bond donors (Lipinski definition) is 0. The molecule has 1 aliphatic heterocycles. The minimum atomic E-state index is -0.370. The molecule has 0 saturated carbocycles. The van der Waals surface area contributed by atoms with E-state index < -0.39 is 0 Å². The van der Waals surface area contributed by atoms with E-state index in [1.54, 1.807) is 6.92 Å². The third kappa shape index (κ3) is 3.54. The summed E-state index contributed by atoms with van der Waals surface area (Å²) in [7, 11) is 0. The summed E-state index contributed by atoms with van der Waals surface area (Å²) in [6.07, 6.45) is 4.10. The molecular formula is C20H24N2O3. The number of fused-ring (bicyclic) bond motifs is 1. The predicted octanol–water partition coefficient (Wildman–Crippen LogP) is 3.85. The summed E-state index contributed by atoms with van der Waals surface area (Å²) in [5.74, 6) is 0.0688.